The minimum Gasteiger partial charge on any atom is -0.399 e. The molecule has 5 nitrogen and oxygen atoms in total. The Morgan fingerprint density at radius 3 is 2.56 bits per heavy atom. The molecule has 0 radical (unpaired) electrons. The Bertz CT molecular complexity index is 449. The number of hydrogen-bond acceptors (Lipinski definition) is 4. The zero-order chi connectivity index (χ0) is 11.6. The summed E-state index contributed by atoms with van der Waals surface area (Å²) in [6.07, 6.45) is 0.716. The Balaban J connectivity index is 2.14. The van der Waals surface area contributed by atoms with Crippen LogP contribution in [-0.4, -0.2) is 27.7 Å². The number of hydrogen-bond donors (Lipinski definition) is 2. The van der Waals surface area contributed by atoms with E-state index in [-0.39, 0.29) is 10.9 Å². The van der Waals surface area contributed by atoms with Gasteiger partial charge in [0, 0.05) is 18.3 Å². The molecule has 1 saturated heterocycles. The summed E-state index contributed by atoms with van der Waals surface area (Å²) in [6, 6.07) is 6.00. The molecule has 0 spiro atoms. The second kappa shape index (κ2) is 4.40. The number of sulfonamides is 1. The summed E-state index contributed by atoms with van der Waals surface area (Å²) in [4.78, 5) is 0.230. The van der Waals surface area contributed by atoms with E-state index in [0.717, 1.165) is 0 Å². The minimum absolute atomic E-state index is 0.123. The Hall–Kier alpha value is -1.11. The maximum absolute atomic E-state index is 11.9. The van der Waals surface area contributed by atoms with Crippen LogP contribution in [-0.2, 0) is 14.8 Å². The molecule has 1 fully saturated rings. The zero-order valence-corrected chi connectivity index (χ0v) is 9.53. The molecule has 1 aromatic carbocycles. The van der Waals surface area contributed by atoms with Gasteiger partial charge in [0.05, 0.1) is 11.5 Å². The van der Waals surface area contributed by atoms with E-state index < -0.39 is 10.0 Å². The van der Waals surface area contributed by atoms with Crippen LogP contribution in [0.5, 0.6) is 0 Å². The van der Waals surface area contributed by atoms with Crippen LogP contribution in [0.2, 0.25) is 0 Å². The van der Waals surface area contributed by atoms with E-state index in [0.29, 0.717) is 25.3 Å². The molecule has 1 aromatic rings. The molecule has 0 aliphatic carbocycles. The molecule has 16 heavy (non-hydrogen) atoms. The van der Waals surface area contributed by atoms with Crippen molar-refractivity contribution in [3.05, 3.63) is 24.3 Å². The van der Waals surface area contributed by atoms with Crippen molar-refractivity contribution in [3.63, 3.8) is 0 Å². The fourth-order valence-electron chi connectivity index (χ4n) is 1.56. The van der Waals surface area contributed by atoms with E-state index in [9.17, 15) is 8.42 Å². The lowest BCUT2D eigenvalue weighted by Crippen LogP contribution is -2.34. The molecule has 0 bridgehead atoms. The summed E-state index contributed by atoms with van der Waals surface area (Å²) >= 11 is 0. The highest BCUT2D eigenvalue weighted by molar-refractivity contribution is 7.89. The summed E-state index contributed by atoms with van der Waals surface area (Å²) in [6.45, 7) is 1.04. The van der Waals surface area contributed by atoms with E-state index in [1.807, 2.05) is 0 Å². The van der Waals surface area contributed by atoms with Gasteiger partial charge in [-0.2, -0.15) is 0 Å². The maximum Gasteiger partial charge on any atom is 0.240 e. The summed E-state index contributed by atoms with van der Waals surface area (Å²) < 4.78 is 31.5. The van der Waals surface area contributed by atoms with Crippen LogP contribution in [0.4, 0.5) is 5.69 Å². The van der Waals surface area contributed by atoms with Crippen LogP contribution >= 0.6 is 0 Å². The van der Waals surface area contributed by atoms with Crippen LogP contribution in [0.1, 0.15) is 6.42 Å². The van der Waals surface area contributed by atoms with Gasteiger partial charge < -0.3 is 10.5 Å². The lowest BCUT2D eigenvalue weighted by Gasteiger charge is -2.11. The third-order valence-electron chi connectivity index (χ3n) is 2.44. The van der Waals surface area contributed by atoms with Gasteiger partial charge >= 0.3 is 0 Å². The van der Waals surface area contributed by atoms with Crippen molar-refractivity contribution in [2.45, 2.75) is 17.4 Å². The van der Waals surface area contributed by atoms with Gasteiger partial charge in [0.2, 0.25) is 10.0 Å². The number of nitrogen functional groups attached to an aromatic ring is 1. The number of nitrogens with two attached hydrogens (primary N) is 1. The SMILES string of the molecule is Nc1ccc(S(=O)(=O)NC2CCOC2)cc1. The number of rotatable bonds is 3. The van der Waals surface area contributed by atoms with Gasteiger partial charge in [-0.25, -0.2) is 13.1 Å². The first kappa shape index (κ1) is 11.4. The molecule has 1 atom stereocenters. The van der Waals surface area contributed by atoms with Crippen molar-refractivity contribution in [3.8, 4) is 0 Å². The molecule has 1 unspecified atom stereocenters. The van der Waals surface area contributed by atoms with Crippen LogP contribution in [0.15, 0.2) is 29.2 Å². The third kappa shape index (κ3) is 2.52. The normalized spacial score (nSPS) is 21.1. The number of nitrogens with one attached hydrogen (secondary N) is 1. The largest absolute Gasteiger partial charge is 0.399 e. The Kier molecular flexibility index (Phi) is 3.13. The standard InChI is InChI=1S/C10H14N2O3S/c11-8-1-3-10(4-2-8)16(13,14)12-9-5-6-15-7-9/h1-4,9,12H,5-7,11H2. The molecule has 3 N–H and O–H groups in total. The molecule has 0 amide bonds. The molecule has 0 aromatic heterocycles. The minimum atomic E-state index is -3.45. The summed E-state index contributed by atoms with van der Waals surface area (Å²) in [5.41, 5.74) is 6.04. The van der Waals surface area contributed by atoms with E-state index >= 15 is 0 Å². The van der Waals surface area contributed by atoms with E-state index in [1.165, 1.54) is 12.1 Å². The summed E-state index contributed by atoms with van der Waals surface area (Å²) in [7, 11) is -3.45. The molecule has 6 heteroatoms. The summed E-state index contributed by atoms with van der Waals surface area (Å²) in [5, 5.41) is 0. The molecule has 1 aliphatic heterocycles. The highest BCUT2D eigenvalue weighted by Crippen LogP contribution is 2.14. The number of anilines is 1. The van der Waals surface area contributed by atoms with E-state index in [1.54, 1.807) is 12.1 Å². The number of benzene rings is 1. The molecule has 88 valence electrons. The fraction of sp³-hybridized carbons (Fsp3) is 0.400. The second-order valence-electron chi connectivity index (χ2n) is 3.75. The lowest BCUT2D eigenvalue weighted by molar-refractivity contribution is 0.192. The predicted molar refractivity (Wildman–Crippen MR) is 60.4 cm³/mol. The Morgan fingerprint density at radius 2 is 2.00 bits per heavy atom. The van der Waals surface area contributed by atoms with E-state index in [2.05, 4.69) is 4.72 Å². The fourth-order valence-corrected chi connectivity index (χ4v) is 2.82. The average molecular weight is 242 g/mol. The van der Waals surface area contributed by atoms with Crippen molar-refractivity contribution in [2.75, 3.05) is 18.9 Å². The zero-order valence-electron chi connectivity index (χ0n) is 8.72. The first-order valence-electron chi connectivity index (χ1n) is 5.03. The maximum atomic E-state index is 11.9. The molecule has 2 rings (SSSR count). The molecule has 0 saturated carbocycles. The van der Waals surface area contributed by atoms with Crippen molar-refractivity contribution < 1.29 is 13.2 Å². The van der Waals surface area contributed by atoms with Crippen LogP contribution < -0.4 is 10.5 Å². The smallest absolute Gasteiger partial charge is 0.240 e. The predicted octanol–water partition coefficient (Wildman–Crippen LogP) is 0.336. The van der Waals surface area contributed by atoms with Crippen molar-refractivity contribution in [1.82, 2.24) is 4.72 Å². The van der Waals surface area contributed by atoms with Gasteiger partial charge in [-0.3, -0.25) is 0 Å². The number of ether oxygens (including phenoxy) is 1. The average Bonchev–Trinajstić information content (AvgIpc) is 2.70. The van der Waals surface area contributed by atoms with Crippen LogP contribution in [0.3, 0.4) is 0 Å². The molecular weight excluding hydrogens is 228 g/mol. The highest BCUT2D eigenvalue weighted by Gasteiger charge is 2.23. The van der Waals surface area contributed by atoms with Gasteiger partial charge in [0.1, 0.15) is 0 Å². The van der Waals surface area contributed by atoms with Crippen molar-refractivity contribution >= 4 is 15.7 Å². The van der Waals surface area contributed by atoms with E-state index in [4.69, 9.17) is 10.5 Å². The van der Waals surface area contributed by atoms with Gasteiger partial charge in [0.25, 0.3) is 0 Å². The van der Waals surface area contributed by atoms with Gasteiger partial charge in [-0.05, 0) is 30.7 Å². The first-order valence-corrected chi connectivity index (χ1v) is 6.52. The molecular formula is C10H14N2O3S. The second-order valence-corrected chi connectivity index (χ2v) is 5.46. The van der Waals surface area contributed by atoms with Crippen LogP contribution in [0.25, 0.3) is 0 Å². The monoisotopic (exact) mass is 242 g/mol. The van der Waals surface area contributed by atoms with Crippen LogP contribution in [0, 0.1) is 0 Å². The van der Waals surface area contributed by atoms with Crippen molar-refractivity contribution in [2.24, 2.45) is 0 Å². The Morgan fingerprint density at radius 1 is 1.31 bits per heavy atom. The quantitative estimate of drug-likeness (QED) is 0.749. The van der Waals surface area contributed by atoms with Crippen molar-refractivity contribution in [1.29, 1.82) is 0 Å². The van der Waals surface area contributed by atoms with Gasteiger partial charge in [-0.15, -0.1) is 0 Å². The van der Waals surface area contributed by atoms with Gasteiger partial charge in [-0.1, -0.05) is 0 Å². The molecule has 1 heterocycles. The Labute approximate surface area is 94.6 Å². The summed E-state index contributed by atoms with van der Waals surface area (Å²) in [5.74, 6) is 0. The topological polar surface area (TPSA) is 81.4 Å². The highest BCUT2D eigenvalue weighted by atomic mass is 32.2. The molecule has 1 aliphatic rings. The van der Waals surface area contributed by atoms with Gasteiger partial charge in [0.15, 0.2) is 0 Å². The third-order valence-corrected chi connectivity index (χ3v) is 3.98. The lowest BCUT2D eigenvalue weighted by atomic mass is 10.3. The first-order chi connectivity index (χ1) is 7.58.